The number of carbonyl (C=O) groups is 4. The molecule has 0 saturated heterocycles. The summed E-state index contributed by atoms with van der Waals surface area (Å²) in [6, 6.07) is 0. The van der Waals surface area contributed by atoms with Crippen LogP contribution in [0.1, 0.15) is 60.3 Å². The van der Waals surface area contributed by atoms with Crippen molar-refractivity contribution in [3.05, 3.63) is 0 Å². The largest absolute Gasteiger partial charge is 0.462 e. The van der Waals surface area contributed by atoms with Crippen molar-refractivity contribution in [3.8, 4) is 0 Å². The molecule has 0 heterocycles. The van der Waals surface area contributed by atoms with Crippen molar-refractivity contribution >= 4 is 74.4 Å². The molecule has 0 radical (unpaired) electrons. The Kier molecular flexibility index (Phi) is 16.5. The van der Waals surface area contributed by atoms with E-state index in [0.29, 0.717) is 0 Å². The van der Waals surface area contributed by atoms with Gasteiger partial charge in [0.25, 0.3) is 0 Å². The third kappa shape index (κ3) is 16.5. The summed E-state index contributed by atoms with van der Waals surface area (Å²) in [6.07, 6.45) is -3.43. The van der Waals surface area contributed by atoms with Gasteiger partial charge in [-0.2, -0.15) is 50.5 Å². The highest BCUT2D eigenvalue weighted by Gasteiger charge is 2.37. The number of esters is 4. The van der Waals surface area contributed by atoms with E-state index >= 15 is 0 Å². The lowest BCUT2D eigenvalue weighted by atomic mass is 10.1. The fourth-order valence-corrected chi connectivity index (χ4v) is 3.20. The normalized spacial score (nSPS) is 17.5. The molecular weight excluding hydrogens is 508 g/mol. The van der Waals surface area contributed by atoms with Gasteiger partial charge in [-0.05, 0) is 6.92 Å². The maximum Gasteiger partial charge on any atom is 0.307 e. The van der Waals surface area contributed by atoms with E-state index < -0.39 is 48.8 Å². The van der Waals surface area contributed by atoms with Gasteiger partial charge in [0, 0.05) is 21.0 Å². The summed E-state index contributed by atoms with van der Waals surface area (Å²) in [5.41, 5.74) is 0. The summed E-state index contributed by atoms with van der Waals surface area (Å²) in [4.78, 5) is 49.0. The molecule has 7 atom stereocenters. The molecule has 0 aliphatic heterocycles. The molecule has 8 nitrogen and oxygen atoms in total. The predicted molar refractivity (Wildman–Crippen MR) is 139 cm³/mol. The van der Waals surface area contributed by atoms with Crippen LogP contribution in [0.2, 0.25) is 0 Å². The number of ether oxygens (including phenoxy) is 4. The molecule has 7 unspecified atom stereocenters. The Bertz CT molecular complexity index is 640. The van der Waals surface area contributed by atoms with Gasteiger partial charge in [0.2, 0.25) is 0 Å². The number of hydrogen-bond acceptors (Lipinski definition) is 12. The third-order valence-electron chi connectivity index (χ3n) is 3.95. The van der Waals surface area contributed by atoms with Crippen molar-refractivity contribution in [2.75, 3.05) is 6.61 Å². The number of hydrogen-bond donors (Lipinski definition) is 4. The summed E-state index contributed by atoms with van der Waals surface area (Å²) in [6.45, 7) is 7.98. The molecule has 0 aromatic carbocycles. The van der Waals surface area contributed by atoms with Crippen LogP contribution < -0.4 is 0 Å². The Labute approximate surface area is 218 Å². The molecule has 0 fully saturated rings. The van der Waals surface area contributed by atoms with E-state index in [1.807, 2.05) is 0 Å². The van der Waals surface area contributed by atoms with Crippen LogP contribution in [0.15, 0.2) is 0 Å². The lowest BCUT2D eigenvalue weighted by Crippen LogP contribution is -2.47. The van der Waals surface area contributed by atoms with Crippen LogP contribution in [0.5, 0.6) is 0 Å². The lowest BCUT2D eigenvalue weighted by molar-refractivity contribution is -0.190. The first kappa shape index (κ1) is 32.3. The monoisotopic (exact) mass is 544 g/mol. The van der Waals surface area contributed by atoms with Gasteiger partial charge in [0.05, 0.1) is 25.7 Å². The van der Waals surface area contributed by atoms with E-state index in [1.165, 1.54) is 6.92 Å². The van der Waals surface area contributed by atoms with Crippen LogP contribution in [0.25, 0.3) is 0 Å². The highest BCUT2D eigenvalue weighted by Crippen LogP contribution is 2.19. The Morgan fingerprint density at radius 1 is 0.576 bits per heavy atom. The van der Waals surface area contributed by atoms with Gasteiger partial charge >= 0.3 is 23.9 Å². The minimum Gasteiger partial charge on any atom is -0.462 e. The molecule has 0 aromatic rings. The van der Waals surface area contributed by atoms with E-state index in [0.717, 1.165) is 0 Å². The van der Waals surface area contributed by atoms with Gasteiger partial charge in [-0.3, -0.25) is 19.2 Å². The second-order valence-electron chi connectivity index (χ2n) is 8.07. The fraction of sp³-hybridized carbons (Fsp3) is 0.810. The van der Waals surface area contributed by atoms with Crippen LogP contribution in [0.3, 0.4) is 0 Å². The second-order valence-corrected chi connectivity index (χ2v) is 11.6. The Balaban J connectivity index is 5.74. The molecule has 33 heavy (non-hydrogen) atoms. The molecule has 12 heteroatoms. The Hall–Kier alpha value is -0.720. The molecular formula is C21H36O8S4. The van der Waals surface area contributed by atoms with Gasteiger partial charge < -0.3 is 18.9 Å². The first-order valence-electron chi connectivity index (χ1n) is 10.7. The SMILES string of the molecule is CC(S)CC(=O)OCC(OC(=O)CC(C)S)C(OC(=O)CC(C)S)C(C)OC(=O)CC(C)S. The average molecular weight is 545 g/mol. The van der Waals surface area contributed by atoms with Crippen molar-refractivity contribution in [2.45, 2.75) is 99.6 Å². The summed E-state index contributed by atoms with van der Waals surface area (Å²) in [7, 11) is 0. The van der Waals surface area contributed by atoms with Crippen molar-refractivity contribution < 1.29 is 38.1 Å². The zero-order valence-electron chi connectivity index (χ0n) is 19.6. The molecule has 0 aromatic heterocycles. The summed E-state index contributed by atoms with van der Waals surface area (Å²) in [5.74, 6) is -2.40. The summed E-state index contributed by atoms with van der Waals surface area (Å²) in [5, 5.41) is -1.06. The van der Waals surface area contributed by atoms with Crippen LogP contribution in [-0.4, -0.2) is 69.8 Å². The smallest absolute Gasteiger partial charge is 0.307 e. The summed E-state index contributed by atoms with van der Waals surface area (Å²) < 4.78 is 21.6. The summed E-state index contributed by atoms with van der Waals surface area (Å²) >= 11 is 16.7. The Morgan fingerprint density at radius 3 is 1.36 bits per heavy atom. The lowest BCUT2D eigenvalue weighted by Gasteiger charge is -2.31. The van der Waals surface area contributed by atoms with Crippen molar-refractivity contribution in [3.63, 3.8) is 0 Å². The topological polar surface area (TPSA) is 105 Å². The predicted octanol–water partition coefficient (Wildman–Crippen LogP) is 3.12. The molecule has 0 N–H and O–H groups in total. The van der Waals surface area contributed by atoms with Crippen LogP contribution in [0, 0.1) is 0 Å². The van der Waals surface area contributed by atoms with E-state index in [4.69, 9.17) is 18.9 Å². The molecule has 0 aliphatic rings. The Morgan fingerprint density at radius 2 is 0.939 bits per heavy atom. The average Bonchev–Trinajstić information content (AvgIpc) is 2.60. The molecule has 192 valence electrons. The van der Waals surface area contributed by atoms with Crippen molar-refractivity contribution in [2.24, 2.45) is 0 Å². The number of thiol groups is 4. The van der Waals surface area contributed by atoms with Crippen molar-refractivity contribution in [1.29, 1.82) is 0 Å². The highest BCUT2D eigenvalue weighted by molar-refractivity contribution is 7.81. The second kappa shape index (κ2) is 16.8. The highest BCUT2D eigenvalue weighted by atomic mass is 32.1. The number of rotatable bonds is 15. The van der Waals surface area contributed by atoms with Crippen LogP contribution in [0.4, 0.5) is 0 Å². The quantitative estimate of drug-likeness (QED) is 0.142. The van der Waals surface area contributed by atoms with E-state index in [9.17, 15) is 19.2 Å². The van der Waals surface area contributed by atoms with Crippen LogP contribution in [-0.2, 0) is 38.1 Å². The fourth-order valence-electron chi connectivity index (χ4n) is 2.61. The van der Waals surface area contributed by atoms with E-state index in [2.05, 4.69) is 50.5 Å². The van der Waals surface area contributed by atoms with Gasteiger partial charge in [-0.25, -0.2) is 0 Å². The molecule has 0 rings (SSSR count). The molecule has 0 amide bonds. The van der Waals surface area contributed by atoms with Gasteiger partial charge in [-0.1, -0.05) is 27.7 Å². The third-order valence-corrected chi connectivity index (χ3v) is 4.68. The number of carbonyl (C=O) groups excluding carboxylic acids is 4. The van der Waals surface area contributed by atoms with E-state index in [-0.39, 0.29) is 46.7 Å². The molecule has 0 aliphatic carbocycles. The van der Waals surface area contributed by atoms with Crippen LogP contribution >= 0.6 is 50.5 Å². The van der Waals surface area contributed by atoms with Crippen molar-refractivity contribution in [1.82, 2.24) is 0 Å². The van der Waals surface area contributed by atoms with Gasteiger partial charge in [0.1, 0.15) is 12.7 Å². The molecule has 0 bridgehead atoms. The maximum absolute atomic E-state index is 12.4. The zero-order valence-corrected chi connectivity index (χ0v) is 23.2. The molecule has 0 saturated carbocycles. The first-order valence-corrected chi connectivity index (χ1v) is 12.7. The van der Waals surface area contributed by atoms with Gasteiger partial charge in [-0.15, -0.1) is 0 Å². The first-order chi connectivity index (χ1) is 15.2. The maximum atomic E-state index is 12.4. The van der Waals surface area contributed by atoms with Gasteiger partial charge in [0.15, 0.2) is 12.2 Å². The zero-order chi connectivity index (χ0) is 25.7. The minimum atomic E-state index is -1.22. The minimum absolute atomic E-state index is 0.0260. The molecule has 0 spiro atoms. The van der Waals surface area contributed by atoms with E-state index in [1.54, 1.807) is 27.7 Å². The standard InChI is InChI=1S/C21H36O8S4/c1-11(30)6-17(22)26-10-16(28-19(24)8-13(3)32)21(29-20(25)9-14(4)33)15(5)27-18(23)7-12(2)31/h11-16,21,30-33H,6-10H2,1-5H3.